The molecular weight excluding hydrogens is 360 g/mol. The minimum absolute atomic E-state index is 0.0468. The number of hydrogen-bond acceptors (Lipinski definition) is 6. The molecule has 26 heavy (non-hydrogen) atoms. The average Bonchev–Trinajstić information content (AvgIpc) is 2.56. The van der Waals surface area contributed by atoms with Crippen molar-refractivity contribution in [1.82, 2.24) is 4.31 Å². The first-order valence-electron chi connectivity index (χ1n) is 8.00. The van der Waals surface area contributed by atoms with Gasteiger partial charge in [-0.25, -0.2) is 8.42 Å². The Labute approximate surface area is 153 Å². The van der Waals surface area contributed by atoms with Gasteiger partial charge < -0.3 is 9.53 Å². The van der Waals surface area contributed by atoms with Crippen LogP contribution in [-0.4, -0.2) is 48.7 Å². The molecule has 1 aromatic rings. The SMILES string of the molecule is C=CCCN([C@H](C=O)COC(C)(C)C)S(=O)(=O)c1ccccc1[N+](=O)[O-]. The van der Waals surface area contributed by atoms with Gasteiger partial charge >= 0.3 is 0 Å². The van der Waals surface area contributed by atoms with Crippen LogP contribution in [0.1, 0.15) is 27.2 Å². The van der Waals surface area contributed by atoms with Gasteiger partial charge in [0, 0.05) is 12.6 Å². The summed E-state index contributed by atoms with van der Waals surface area (Å²) in [5.74, 6) is 0. The highest BCUT2D eigenvalue weighted by Gasteiger charge is 2.36. The average molecular weight is 384 g/mol. The molecule has 8 nitrogen and oxygen atoms in total. The molecule has 0 aliphatic carbocycles. The van der Waals surface area contributed by atoms with Crippen LogP contribution in [0.25, 0.3) is 0 Å². The molecule has 9 heteroatoms. The van der Waals surface area contributed by atoms with E-state index in [9.17, 15) is 23.3 Å². The summed E-state index contributed by atoms with van der Waals surface area (Å²) in [7, 11) is -4.30. The van der Waals surface area contributed by atoms with Crippen molar-refractivity contribution in [3.05, 3.63) is 47.0 Å². The fourth-order valence-corrected chi connectivity index (χ4v) is 3.88. The van der Waals surface area contributed by atoms with Gasteiger partial charge in [0.2, 0.25) is 0 Å². The Bertz CT molecular complexity index is 755. The molecule has 0 amide bonds. The molecular formula is C17H24N2O6S. The van der Waals surface area contributed by atoms with Crippen molar-refractivity contribution in [3.63, 3.8) is 0 Å². The van der Waals surface area contributed by atoms with Crippen LogP contribution in [0.3, 0.4) is 0 Å². The summed E-state index contributed by atoms with van der Waals surface area (Å²) in [6, 6.07) is 3.93. The highest BCUT2D eigenvalue weighted by atomic mass is 32.2. The summed E-state index contributed by atoms with van der Waals surface area (Å²) in [4.78, 5) is 21.6. The van der Waals surface area contributed by atoms with E-state index in [-0.39, 0.29) is 19.6 Å². The van der Waals surface area contributed by atoms with Crippen LogP contribution < -0.4 is 0 Å². The van der Waals surface area contributed by atoms with E-state index in [1.165, 1.54) is 18.2 Å². The number of carbonyl (C=O) groups is 1. The molecule has 144 valence electrons. The second kappa shape index (κ2) is 9.02. The number of nitrogens with zero attached hydrogens (tertiary/aromatic N) is 2. The molecule has 1 rings (SSSR count). The highest BCUT2D eigenvalue weighted by Crippen LogP contribution is 2.27. The Hall–Kier alpha value is -2.10. The molecule has 0 aliphatic rings. The number of aldehydes is 1. The third kappa shape index (κ3) is 5.72. The number of ether oxygens (including phenoxy) is 1. The molecule has 0 saturated carbocycles. The first-order chi connectivity index (χ1) is 12.0. The predicted octanol–water partition coefficient (Wildman–Crippen LogP) is 2.54. The maximum Gasteiger partial charge on any atom is 0.289 e. The molecule has 0 aliphatic heterocycles. The summed E-state index contributed by atoms with van der Waals surface area (Å²) in [5.41, 5.74) is -1.12. The molecule has 0 unspecified atom stereocenters. The number of benzene rings is 1. The van der Waals surface area contributed by atoms with Crippen molar-refractivity contribution in [3.8, 4) is 0 Å². The van der Waals surface area contributed by atoms with Crippen molar-refractivity contribution in [2.45, 2.75) is 43.7 Å². The third-order valence-corrected chi connectivity index (χ3v) is 5.39. The topological polar surface area (TPSA) is 107 Å². The summed E-state index contributed by atoms with van der Waals surface area (Å²) >= 11 is 0. The number of hydrogen-bond donors (Lipinski definition) is 0. The van der Waals surface area contributed by atoms with Crippen LogP contribution in [0.4, 0.5) is 5.69 Å². The van der Waals surface area contributed by atoms with Crippen LogP contribution in [0, 0.1) is 10.1 Å². The Morgan fingerprint density at radius 1 is 1.35 bits per heavy atom. The minimum Gasteiger partial charge on any atom is -0.374 e. The van der Waals surface area contributed by atoms with Gasteiger partial charge in [-0.2, -0.15) is 4.31 Å². The van der Waals surface area contributed by atoms with Gasteiger partial charge in [-0.05, 0) is 33.3 Å². The summed E-state index contributed by atoms with van der Waals surface area (Å²) < 4.78 is 32.6. The molecule has 0 spiro atoms. The Morgan fingerprint density at radius 3 is 2.46 bits per heavy atom. The first kappa shape index (κ1) is 21.9. The molecule has 0 saturated heterocycles. The van der Waals surface area contributed by atoms with Gasteiger partial charge in [0.15, 0.2) is 4.90 Å². The standard InChI is InChI=1S/C17H24N2O6S/c1-5-6-11-18(14(12-20)13-25-17(2,3)4)26(23,24)16-10-8-7-9-15(16)19(21)22/h5,7-10,12,14H,1,6,11,13H2,2-4H3/t14-/m1/s1. The van der Waals surface area contributed by atoms with Crippen LogP contribution in [0.2, 0.25) is 0 Å². The van der Waals surface area contributed by atoms with Gasteiger partial charge in [-0.3, -0.25) is 10.1 Å². The normalized spacial score (nSPS) is 13.4. The van der Waals surface area contributed by atoms with Crippen LogP contribution in [0.5, 0.6) is 0 Å². The van der Waals surface area contributed by atoms with E-state index in [1.54, 1.807) is 20.8 Å². The fraction of sp³-hybridized carbons (Fsp3) is 0.471. The zero-order chi connectivity index (χ0) is 20.0. The lowest BCUT2D eigenvalue weighted by atomic mass is 10.2. The van der Waals surface area contributed by atoms with Crippen LogP contribution in [0.15, 0.2) is 41.8 Å². The minimum atomic E-state index is -4.30. The number of carbonyl (C=O) groups excluding carboxylic acids is 1. The van der Waals surface area contributed by atoms with Gasteiger partial charge in [0.1, 0.15) is 12.3 Å². The molecule has 0 N–H and O–H groups in total. The molecule has 0 aromatic heterocycles. The first-order valence-corrected chi connectivity index (χ1v) is 9.44. The zero-order valence-electron chi connectivity index (χ0n) is 15.1. The monoisotopic (exact) mass is 384 g/mol. The maximum atomic E-state index is 13.1. The number of rotatable bonds is 10. The van der Waals surface area contributed by atoms with Crippen molar-refractivity contribution in [2.24, 2.45) is 0 Å². The maximum absolute atomic E-state index is 13.1. The largest absolute Gasteiger partial charge is 0.374 e. The lowest BCUT2D eigenvalue weighted by Crippen LogP contribution is -2.45. The van der Waals surface area contributed by atoms with E-state index in [1.807, 2.05) is 0 Å². The van der Waals surface area contributed by atoms with Crippen LogP contribution >= 0.6 is 0 Å². The smallest absolute Gasteiger partial charge is 0.289 e. The van der Waals surface area contributed by atoms with Crippen molar-refractivity contribution in [2.75, 3.05) is 13.2 Å². The molecule has 0 heterocycles. The lowest BCUT2D eigenvalue weighted by Gasteiger charge is -2.29. The van der Waals surface area contributed by atoms with Gasteiger partial charge in [-0.1, -0.05) is 18.2 Å². The van der Waals surface area contributed by atoms with Crippen molar-refractivity contribution < 1.29 is 22.9 Å². The summed E-state index contributed by atoms with van der Waals surface area (Å²) in [6.45, 7) is 8.68. The lowest BCUT2D eigenvalue weighted by molar-refractivity contribution is -0.387. The second-order valence-electron chi connectivity index (χ2n) is 6.54. The zero-order valence-corrected chi connectivity index (χ0v) is 15.9. The molecule has 0 fully saturated rings. The Balaban J connectivity index is 3.35. The third-order valence-electron chi connectivity index (χ3n) is 3.42. The van der Waals surface area contributed by atoms with Gasteiger partial charge in [0.25, 0.3) is 15.7 Å². The van der Waals surface area contributed by atoms with Crippen LogP contribution in [-0.2, 0) is 19.6 Å². The van der Waals surface area contributed by atoms with E-state index in [0.29, 0.717) is 6.29 Å². The molecule has 0 bridgehead atoms. The summed E-state index contributed by atoms with van der Waals surface area (Å²) in [6.07, 6.45) is 2.26. The number of para-hydroxylation sites is 1. The Kier molecular flexibility index (Phi) is 7.61. The van der Waals surface area contributed by atoms with E-state index < -0.39 is 37.2 Å². The Morgan fingerprint density at radius 2 is 1.96 bits per heavy atom. The van der Waals surface area contributed by atoms with E-state index >= 15 is 0 Å². The molecule has 0 radical (unpaired) electrons. The van der Waals surface area contributed by atoms with Crippen molar-refractivity contribution in [1.29, 1.82) is 0 Å². The number of nitro groups is 1. The fourth-order valence-electron chi connectivity index (χ4n) is 2.16. The molecule has 1 aromatic carbocycles. The van der Waals surface area contributed by atoms with Gasteiger partial charge in [-0.15, -0.1) is 6.58 Å². The number of sulfonamides is 1. The van der Waals surface area contributed by atoms with E-state index in [2.05, 4.69) is 6.58 Å². The predicted molar refractivity (Wildman–Crippen MR) is 97.4 cm³/mol. The van der Waals surface area contributed by atoms with E-state index in [4.69, 9.17) is 4.74 Å². The second-order valence-corrected chi connectivity index (χ2v) is 8.40. The quantitative estimate of drug-likeness (QED) is 0.266. The number of nitro benzene ring substituents is 1. The van der Waals surface area contributed by atoms with Gasteiger partial charge in [0.05, 0.1) is 17.1 Å². The molecule has 1 atom stereocenters. The van der Waals surface area contributed by atoms with E-state index in [0.717, 1.165) is 16.4 Å². The van der Waals surface area contributed by atoms with Crippen molar-refractivity contribution >= 4 is 22.0 Å². The summed E-state index contributed by atoms with van der Waals surface area (Å²) in [5, 5.41) is 11.2. The highest BCUT2D eigenvalue weighted by molar-refractivity contribution is 7.89.